The second-order valence-corrected chi connectivity index (χ2v) is 4.14. The zero-order chi connectivity index (χ0) is 12.3. The summed E-state index contributed by atoms with van der Waals surface area (Å²) in [6.45, 7) is 5.25. The minimum atomic E-state index is -0.111. The molecular weight excluding hydrogens is 204 g/mol. The average molecular weight is 222 g/mol. The molecule has 1 aromatic carbocycles. The quantitative estimate of drug-likeness (QED) is 0.822. The number of ketones is 1. The van der Waals surface area contributed by atoms with E-state index in [-0.39, 0.29) is 23.2 Å². The van der Waals surface area contributed by atoms with Crippen LogP contribution in [0.5, 0.6) is 11.5 Å². The zero-order valence-electron chi connectivity index (χ0n) is 9.95. The van der Waals surface area contributed by atoms with Crippen LogP contribution in [0.1, 0.15) is 31.9 Å². The van der Waals surface area contributed by atoms with E-state index in [0.29, 0.717) is 18.4 Å². The Labute approximate surface area is 95.7 Å². The Balaban J connectivity index is 3.02. The summed E-state index contributed by atoms with van der Waals surface area (Å²) in [5.74, 6) is 0.223. The molecule has 16 heavy (non-hydrogen) atoms. The lowest BCUT2D eigenvalue weighted by Gasteiger charge is -2.12. The summed E-state index contributed by atoms with van der Waals surface area (Å²) in [4.78, 5) is 11.1. The highest BCUT2D eigenvalue weighted by atomic mass is 16.3. The van der Waals surface area contributed by atoms with Crippen LogP contribution < -0.4 is 0 Å². The average Bonchev–Trinajstić information content (AvgIpc) is 2.22. The normalized spacial score (nSPS) is 12.4. The van der Waals surface area contributed by atoms with Gasteiger partial charge in [0.2, 0.25) is 0 Å². The number of phenols is 2. The summed E-state index contributed by atoms with van der Waals surface area (Å²) in [6, 6.07) is 3.24. The van der Waals surface area contributed by atoms with E-state index in [9.17, 15) is 15.0 Å². The molecule has 1 aromatic rings. The van der Waals surface area contributed by atoms with Crippen LogP contribution >= 0.6 is 0 Å². The maximum Gasteiger partial charge on any atom is 0.132 e. The molecule has 0 saturated carbocycles. The van der Waals surface area contributed by atoms with E-state index in [4.69, 9.17) is 0 Å². The summed E-state index contributed by atoms with van der Waals surface area (Å²) >= 11 is 0. The van der Waals surface area contributed by atoms with Gasteiger partial charge in [-0.3, -0.25) is 4.79 Å². The van der Waals surface area contributed by atoms with Crippen molar-refractivity contribution in [1.29, 1.82) is 0 Å². The topological polar surface area (TPSA) is 57.5 Å². The van der Waals surface area contributed by atoms with Gasteiger partial charge in [-0.05, 0) is 31.4 Å². The Bertz CT molecular complexity index is 396. The van der Waals surface area contributed by atoms with Crippen LogP contribution in [0.4, 0.5) is 0 Å². The van der Waals surface area contributed by atoms with Crippen molar-refractivity contribution in [3.05, 3.63) is 23.3 Å². The van der Waals surface area contributed by atoms with Crippen molar-refractivity contribution >= 4 is 5.78 Å². The van der Waals surface area contributed by atoms with Gasteiger partial charge in [-0.25, -0.2) is 0 Å². The predicted octanol–water partition coefficient (Wildman–Crippen LogP) is 2.43. The van der Waals surface area contributed by atoms with Crippen molar-refractivity contribution in [3.8, 4) is 11.5 Å². The van der Waals surface area contributed by atoms with Gasteiger partial charge in [-0.15, -0.1) is 0 Å². The highest BCUT2D eigenvalue weighted by Crippen LogP contribution is 2.32. The summed E-state index contributed by atoms with van der Waals surface area (Å²) < 4.78 is 0. The number of hydrogen-bond acceptors (Lipinski definition) is 3. The second kappa shape index (κ2) is 5.01. The van der Waals surface area contributed by atoms with E-state index in [1.807, 2.05) is 13.8 Å². The fraction of sp³-hybridized carbons (Fsp3) is 0.462. The van der Waals surface area contributed by atoms with E-state index in [2.05, 4.69) is 0 Å². The summed E-state index contributed by atoms with van der Waals surface area (Å²) in [7, 11) is 0. The van der Waals surface area contributed by atoms with Crippen LogP contribution in [0.15, 0.2) is 12.1 Å². The molecule has 0 amide bonds. The molecule has 0 heterocycles. The highest BCUT2D eigenvalue weighted by Gasteiger charge is 2.15. The van der Waals surface area contributed by atoms with Crippen molar-refractivity contribution in [2.75, 3.05) is 0 Å². The number of hydrogen-bond donors (Lipinski definition) is 2. The maximum absolute atomic E-state index is 11.1. The van der Waals surface area contributed by atoms with Gasteiger partial charge in [0.1, 0.15) is 17.3 Å². The minimum absolute atomic E-state index is 0.102. The van der Waals surface area contributed by atoms with Crippen LogP contribution in [0.3, 0.4) is 0 Å². The predicted molar refractivity (Wildman–Crippen MR) is 62.7 cm³/mol. The van der Waals surface area contributed by atoms with E-state index in [1.54, 1.807) is 19.1 Å². The molecule has 0 saturated heterocycles. The fourth-order valence-corrected chi connectivity index (χ4v) is 1.66. The molecule has 0 aromatic heterocycles. The van der Waals surface area contributed by atoms with Crippen LogP contribution in [0.25, 0.3) is 0 Å². The molecule has 0 spiro atoms. The Hall–Kier alpha value is -1.51. The van der Waals surface area contributed by atoms with E-state index in [0.717, 1.165) is 5.56 Å². The van der Waals surface area contributed by atoms with Crippen molar-refractivity contribution in [3.63, 3.8) is 0 Å². The van der Waals surface area contributed by atoms with Gasteiger partial charge in [0.05, 0.1) is 0 Å². The lowest BCUT2D eigenvalue weighted by molar-refractivity contribution is -0.120. The second-order valence-electron chi connectivity index (χ2n) is 4.14. The SMILES string of the molecule is CCc1c(O)ccc(CC(C)C(C)=O)c1O. The van der Waals surface area contributed by atoms with Crippen LogP contribution in [0, 0.1) is 5.92 Å². The van der Waals surface area contributed by atoms with Crippen LogP contribution in [-0.2, 0) is 17.6 Å². The van der Waals surface area contributed by atoms with Gasteiger partial charge >= 0.3 is 0 Å². The molecule has 1 unspecified atom stereocenters. The number of benzene rings is 1. The molecule has 3 heteroatoms. The first-order chi connectivity index (χ1) is 7.47. The number of aromatic hydroxyl groups is 2. The molecule has 0 aliphatic carbocycles. The molecule has 0 bridgehead atoms. The molecule has 1 rings (SSSR count). The Kier molecular flexibility index (Phi) is 3.93. The van der Waals surface area contributed by atoms with Gasteiger partial charge in [0.15, 0.2) is 0 Å². The van der Waals surface area contributed by atoms with Gasteiger partial charge in [-0.1, -0.05) is 19.9 Å². The van der Waals surface area contributed by atoms with Crippen molar-refractivity contribution < 1.29 is 15.0 Å². The largest absolute Gasteiger partial charge is 0.508 e. The van der Waals surface area contributed by atoms with Gasteiger partial charge in [0.25, 0.3) is 0 Å². The van der Waals surface area contributed by atoms with Gasteiger partial charge < -0.3 is 10.2 Å². The third-order valence-corrected chi connectivity index (χ3v) is 2.92. The Morgan fingerprint density at radius 2 is 2.00 bits per heavy atom. The van der Waals surface area contributed by atoms with Crippen molar-refractivity contribution in [1.82, 2.24) is 0 Å². The molecule has 0 aliphatic heterocycles. The van der Waals surface area contributed by atoms with Crippen LogP contribution in [0.2, 0.25) is 0 Å². The standard InChI is InChI=1S/C13H18O3/c1-4-11-12(15)6-5-10(13(11)16)7-8(2)9(3)14/h5-6,8,15-16H,4,7H2,1-3H3. The maximum atomic E-state index is 11.1. The van der Waals surface area contributed by atoms with E-state index < -0.39 is 0 Å². The Morgan fingerprint density at radius 1 is 1.38 bits per heavy atom. The van der Waals surface area contributed by atoms with Gasteiger partial charge in [0, 0.05) is 11.5 Å². The monoisotopic (exact) mass is 222 g/mol. The van der Waals surface area contributed by atoms with Crippen LogP contribution in [-0.4, -0.2) is 16.0 Å². The lowest BCUT2D eigenvalue weighted by Crippen LogP contribution is -2.09. The molecule has 2 N–H and O–H groups in total. The molecule has 0 radical (unpaired) electrons. The van der Waals surface area contributed by atoms with E-state index >= 15 is 0 Å². The minimum Gasteiger partial charge on any atom is -0.508 e. The number of carbonyl (C=O) groups excluding carboxylic acids is 1. The summed E-state index contributed by atoms with van der Waals surface area (Å²) in [5.41, 5.74) is 1.27. The third-order valence-electron chi connectivity index (χ3n) is 2.92. The highest BCUT2D eigenvalue weighted by molar-refractivity contribution is 5.78. The summed E-state index contributed by atoms with van der Waals surface area (Å²) in [5, 5.41) is 19.5. The smallest absolute Gasteiger partial charge is 0.132 e. The van der Waals surface area contributed by atoms with Crippen molar-refractivity contribution in [2.24, 2.45) is 5.92 Å². The third kappa shape index (κ3) is 2.54. The first-order valence-electron chi connectivity index (χ1n) is 5.50. The Morgan fingerprint density at radius 3 is 2.50 bits per heavy atom. The first kappa shape index (κ1) is 12.6. The summed E-state index contributed by atoms with van der Waals surface area (Å²) in [6.07, 6.45) is 1.08. The number of rotatable bonds is 4. The lowest BCUT2D eigenvalue weighted by atomic mass is 9.95. The molecule has 3 nitrogen and oxygen atoms in total. The number of carbonyl (C=O) groups is 1. The van der Waals surface area contributed by atoms with Crippen molar-refractivity contribution in [2.45, 2.75) is 33.6 Å². The molecule has 0 aliphatic rings. The zero-order valence-corrected chi connectivity index (χ0v) is 9.95. The molecule has 1 atom stereocenters. The van der Waals surface area contributed by atoms with Gasteiger partial charge in [-0.2, -0.15) is 0 Å². The van der Waals surface area contributed by atoms with E-state index in [1.165, 1.54) is 0 Å². The fourth-order valence-electron chi connectivity index (χ4n) is 1.66. The number of phenolic OH excluding ortho intramolecular Hbond substituents is 2. The molecule has 0 fully saturated rings. The molecule has 88 valence electrons. The molecular formula is C13H18O3. The first-order valence-corrected chi connectivity index (χ1v) is 5.50. The number of Topliss-reactive ketones (excluding diaryl/α,β-unsaturated/α-hetero) is 1.